The van der Waals surface area contributed by atoms with Crippen molar-refractivity contribution in [2.24, 2.45) is 0 Å². The first-order valence-corrected chi connectivity index (χ1v) is 7.83. The molecule has 1 aromatic heterocycles. The van der Waals surface area contributed by atoms with Crippen LogP contribution in [-0.2, 0) is 0 Å². The lowest BCUT2D eigenvalue weighted by Crippen LogP contribution is -2.43. The molecule has 1 aromatic rings. The number of rotatable bonds is 6. The van der Waals surface area contributed by atoms with Crippen molar-refractivity contribution in [3.05, 3.63) is 0 Å². The third kappa shape index (κ3) is 3.94. The molecule has 0 radical (unpaired) electrons. The van der Waals surface area contributed by atoms with Gasteiger partial charge in [0.2, 0.25) is 0 Å². The summed E-state index contributed by atoms with van der Waals surface area (Å²) in [5.74, 6) is 0.681. The molecular weight excluding hydrogens is 260 g/mol. The highest BCUT2D eigenvalue weighted by molar-refractivity contribution is 8.03. The maximum Gasteiger partial charge on any atom is 0.175 e. The van der Waals surface area contributed by atoms with Gasteiger partial charge in [0.25, 0.3) is 0 Å². The molecule has 1 rings (SSSR count). The van der Waals surface area contributed by atoms with Crippen molar-refractivity contribution >= 4 is 34.9 Å². The SMILES string of the molecule is CCNC(C)(C#N)CSc1nnc(SC)s1. The average molecular weight is 274 g/mol. The van der Waals surface area contributed by atoms with Gasteiger partial charge in [-0.3, -0.25) is 5.32 Å². The summed E-state index contributed by atoms with van der Waals surface area (Å²) in [4.78, 5) is 0. The summed E-state index contributed by atoms with van der Waals surface area (Å²) in [6.07, 6.45) is 1.98. The van der Waals surface area contributed by atoms with E-state index in [1.165, 1.54) is 0 Å². The molecule has 1 unspecified atom stereocenters. The van der Waals surface area contributed by atoms with Crippen LogP contribution in [0.3, 0.4) is 0 Å². The summed E-state index contributed by atoms with van der Waals surface area (Å²) >= 11 is 4.73. The molecule has 1 heterocycles. The van der Waals surface area contributed by atoms with Crippen LogP contribution in [0.15, 0.2) is 8.68 Å². The smallest absolute Gasteiger partial charge is 0.175 e. The highest BCUT2D eigenvalue weighted by Gasteiger charge is 2.23. The molecular formula is C9H14N4S3. The van der Waals surface area contributed by atoms with Crippen LogP contribution in [0.4, 0.5) is 0 Å². The van der Waals surface area contributed by atoms with E-state index in [0.717, 1.165) is 15.2 Å². The number of nitriles is 1. The maximum atomic E-state index is 9.08. The van der Waals surface area contributed by atoms with Gasteiger partial charge in [0, 0.05) is 5.75 Å². The molecule has 7 heteroatoms. The minimum atomic E-state index is -0.495. The zero-order chi connectivity index (χ0) is 12.0. The maximum absolute atomic E-state index is 9.08. The Kier molecular flexibility index (Phi) is 5.55. The molecule has 0 aromatic carbocycles. The summed E-state index contributed by atoms with van der Waals surface area (Å²) in [5.41, 5.74) is -0.495. The molecule has 0 fully saturated rings. The minimum absolute atomic E-state index is 0.495. The fraction of sp³-hybridized carbons (Fsp3) is 0.667. The standard InChI is InChI=1S/C9H14N4S3/c1-4-11-9(2,5-10)6-15-8-13-12-7(14-3)16-8/h11H,4,6H2,1-3H3. The molecule has 0 amide bonds. The number of nitrogens with zero attached hydrogens (tertiary/aromatic N) is 3. The Labute approximate surface area is 108 Å². The quantitative estimate of drug-likeness (QED) is 0.803. The van der Waals surface area contributed by atoms with Crippen molar-refractivity contribution in [3.8, 4) is 6.07 Å². The molecule has 0 saturated carbocycles. The lowest BCUT2D eigenvalue weighted by Gasteiger charge is -2.20. The molecule has 16 heavy (non-hydrogen) atoms. The van der Waals surface area contributed by atoms with E-state index in [9.17, 15) is 0 Å². The first kappa shape index (κ1) is 13.8. The van der Waals surface area contributed by atoms with Gasteiger partial charge in [-0.1, -0.05) is 41.8 Å². The summed E-state index contributed by atoms with van der Waals surface area (Å²) in [7, 11) is 0. The van der Waals surface area contributed by atoms with Gasteiger partial charge in [-0.25, -0.2) is 0 Å². The van der Waals surface area contributed by atoms with Gasteiger partial charge in [-0.05, 0) is 19.7 Å². The molecule has 0 saturated heterocycles. The zero-order valence-electron chi connectivity index (χ0n) is 9.48. The van der Waals surface area contributed by atoms with Gasteiger partial charge in [0.05, 0.1) is 6.07 Å². The fourth-order valence-electron chi connectivity index (χ4n) is 1.06. The Morgan fingerprint density at radius 1 is 1.50 bits per heavy atom. The van der Waals surface area contributed by atoms with Crippen molar-refractivity contribution in [2.45, 2.75) is 28.1 Å². The molecule has 0 aliphatic rings. The predicted molar refractivity (Wildman–Crippen MR) is 70.1 cm³/mol. The van der Waals surface area contributed by atoms with Gasteiger partial charge in [0.1, 0.15) is 5.54 Å². The summed E-state index contributed by atoms with van der Waals surface area (Å²) in [5, 5.41) is 20.3. The number of thioether (sulfide) groups is 2. The second-order valence-corrected chi connectivity index (χ2v) is 6.55. The molecule has 0 aliphatic heterocycles. The molecule has 0 bridgehead atoms. The topological polar surface area (TPSA) is 61.6 Å². The van der Waals surface area contributed by atoms with E-state index in [1.807, 2.05) is 20.1 Å². The van der Waals surface area contributed by atoms with Gasteiger partial charge in [-0.2, -0.15) is 5.26 Å². The van der Waals surface area contributed by atoms with Gasteiger partial charge >= 0.3 is 0 Å². The Morgan fingerprint density at radius 2 is 2.19 bits per heavy atom. The number of hydrogen-bond acceptors (Lipinski definition) is 7. The second kappa shape index (κ2) is 6.45. The first-order valence-electron chi connectivity index (χ1n) is 4.80. The number of hydrogen-bond donors (Lipinski definition) is 1. The lowest BCUT2D eigenvalue weighted by molar-refractivity contribution is 0.511. The van der Waals surface area contributed by atoms with Crippen LogP contribution in [0.1, 0.15) is 13.8 Å². The Hall–Kier alpha value is -0.290. The highest BCUT2D eigenvalue weighted by atomic mass is 32.2. The lowest BCUT2D eigenvalue weighted by atomic mass is 10.1. The third-order valence-electron chi connectivity index (χ3n) is 1.86. The van der Waals surface area contributed by atoms with E-state index < -0.39 is 5.54 Å². The third-order valence-corrected chi connectivity index (χ3v) is 5.21. The average Bonchev–Trinajstić information content (AvgIpc) is 2.75. The molecule has 1 atom stereocenters. The van der Waals surface area contributed by atoms with Crippen molar-refractivity contribution in [1.82, 2.24) is 15.5 Å². The fourth-order valence-corrected chi connectivity index (χ4v) is 3.55. The van der Waals surface area contributed by atoms with E-state index in [2.05, 4.69) is 21.6 Å². The van der Waals surface area contributed by atoms with E-state index in [0.29, 0.717) is 5.75 Å². The second-order valence-electron chi connectivity index (χ2n) is 3.30. The van der Waals surface area contributed by atoms with Crippen LogP contribution in [0.2, 0.25) is 0 Å². The van der Waals surface area contributed by atoms with E-state index >= 15 is 0 Å². The largest absolute Gasteiger partial charge is 0.299 e. The summed E-state index contributed by atoms with van der Waals surface area (Å²) in [6.45, 7) is 4.69. The number of aromatic nitrogens is 2. The Morgan fingerprint density at radius 3 is 2.69 bits per heavy atom. The van der Waals surface area contributed by atoms with E-state index in [4.69, 9.17) is 5.26 Å². The zero-order valence-corrected chi connectivity index (χ0v) is 11.9. The molecule has 1 N–H and O–H groups in total. The monoisotopic (exact) mass is 274 g/mol. The van der Waals surface area contributed by atoms with Crippen LogP contribution < -0.4 is 5.32 Å². The van der Waals surface area contributed by atoms with Crippen molar-refractivity contribution < 1.29 is 0 Å². The van der Waals surface area contributed by atoms with Crippen LogP contribution in [-0.4, -0.2) is 34.3 Å². The van der Waals surface area contributed by atoms with Crippen LogP contribution >= 0.6 is 34.9 Å². The molecule has 4 nitrogen and oxygen atoms in total. The number of nitrogens with one attached hydrogen (secondary N) is 1. The van der Waals surface area contributed by atoms with Crippen molar-refractivity contribution in [2.75, 3.05) is 18.6 Å². The Bertz CT molecular complexity index is 373. The minimum Gasteiger partial charge on any atom is -0.299 e. The van der Waals surface area contributed by atoms with Crippen molar-refractivity contribution in [3.63, 3.8) is 0 Å². The van der Waals surface area contributed by atoms with E-state index in [-0.39, 0.29) is 0 Å². The summed E-state index contributed by atoms with van der Waals surface area (Å²) in [6, 6.07) is 2.29. The normalized spacial score (nSPS) is 14.4. The highest BCUT2D eigenvalue weighted by Crippen LogP contribution is 2.29. The van der Waals surface area contributed by atoms with Gasteiger partial charge in [-0.15, -0.1) is 10.2 Å². The van der Waals surface area contributed by atoms with Crippen LogP contribution in [0.25, 0.3) is 0 Å². The van der Waals surface area contributed by atoms with E-state index in [1.54, 1.807) is 34.9 Å². The predicted octanol–water partition coefficient (Wildman–Crippen LogP) is 2.24. The molecule has 0 spiro atoms. The van der Waals surface area contributed by atoms with Gasteiger partial charge in [0.15, 0.2) is 8.68 Å². The van der Waals surface area contributed by atoms with Gasteiger partial charge < -0.3 is 0 Å². The first-order chi connectivity index (χ1) is 7.63. The molecule has 0 aliphatic carbocycles. The Balaban J connectivity index is 2.53. The molecule has 88 valence electrons. The summed E-state index contributed by atoms with van der Waals surface area (Å²) < 4.78 is 1.88. The van der Waals surface area contributed by atoms with Crippen molar-refractivity contribution in [1.29, 1.82) is 5.26 Å². The van der Waals surface area contributed by atoms with Crippen LogP contribution in [0.5, 0.6) is 0 Å². The van der Waals surface area contributed by atoms with Crippen LogP contribution in [0, 0.1) is 11.3 Å².